The number of benzene rings is 4. The maximum absolute atomic E-state index is 14.4. The zero-order chi connectivity index (χ0) is 38.6. The molecule has 0 aliphatic carbocycles. The van der Waals surface area contributed by atoms with E-state index in [1.54, 1.807) is 4.90 Å². The number of hydrogen-bond donors (Lipinski definition) is 0. The number of ether oxygens (including phenoxy) is 4. The summed E-state index contributed by atoms with van der Waals surface area (Å²) in [6.07, 6.45) is -6.25. The summed E-state index contributed by atoms with van der Waals surface area (Å²) in [6, 6.07) is 33.5. The Kier molecular flexibility index (Phi) is 13.9. The lowest BCUT2D eigenvalue weighted by atomic mass is 9.92. The first-order chi connectivity index (χ1) is 26.7. The maximum atomic E-state index is 14.4. The number of esters is 1. The number of anilines is 1. The minimum atomic E-state index is -4.39. The molecule has 0 aromatic heterocycles. The number of rotatable bonds is 16. The number of carbonyl (C=O) groups excluding carboxylic acids is 2. The fourth-order valence-corrected chi connectivity index (χ4v) is 7.02. The van der Waals surface area contributed by atoms with E-state index < -0.39 is 42.1 Å². The summed E-state index contributed by atoms with van der Waals surface area (Å²) in [5.41, 5.74) is 2.79. The zero-order valence-corrected chi connectivity index (χ0v) is 31.0. The van der Waals surface area contributed by atoms with E-state index in [1.165, 1.54) is 12.1 Å². The third-order valence-corrected chi connectivity index (χ3v) is 9.94. The SMILES string of the molecule is CCCN1C(=O)[C@H](OCc2ccccc2)[C@H](OCc2ccccc2)[C@H](OCc2ccccc2)[C@H]1COC(=O)CN1CCN(c2ccc(C(F)(F)F)cc2)CC1. The van der Waals surface area contributed by atoms with Crippen molar-refractivity contribution in [2.45, 2.75) is 63.7 Å². The van der Waals surface area contributed by atoms with Crippen LogP contribution in [0.4, 0.5) is 18.9 Å². The van der Waals surface area contributed by atoms with Crippen molar-refractivity contribution in [3.8, 4) is 0 Å². The van der Waals surface area contributed by atoms with Crippen LogP contribution in [0.1, 0.15) is 35.6 Å². The average molecular weight is 760 g/mol. The second kappa shape index (κ2) is 19.2. The number of piperidine rings is 1. The molecular formula is C43H48F3N3O6. The van der Waals surface area contributed by atoms with Gasteiger partial charge >= 0.3 is 12.1 Å². The van der Waals surface area contributed by atoms with E-state index in [2.05, 4.69) is 0 Å². The van der Waals surface area contributed by atoms with E-state index in [0.29, 0.717) is 44.8 Å². The monoisotopic (exact) mass is 759 g/mol. The molecule has 0 saturated carbocycles. The molecule has 2 aliphatic heterocycles. The number of likely N-dealkylation sites (tertiary alicyclic amines) is 1. The first-order valence-electron chi connectivity index (χ1n) is 18.8. The van der Waals surface area contributed by atoms with Gasteiger partial charge < -0.3 is 28.7 Å². The highest BCUT2D eigenvalue weighted by Crippen LogP contribution is 2.32. The van der Waals surface area contributed by atoms with Gasteiger partial charge in [-0.05, 0) is 47.4 Å². The van der Waals surface area contributed by atoms with Crippen LogP contribution in [0.25, 0.3) is 0 Å². The van der Waals surface area contributed by atoms with Crippen LogP contribution in [-0.2, 0) is 54.5 Å². The number of piperazine rings is 1. The zero-order valence-electron chi connectivity index (χ0n) is 31.0. The highest BCUT2D eigenvalue weighted by atomic mass is 19.4. The number of hydrogen-bond acceptors (Lipinski definition) is 8. The van der Waals surface area contributed by atoms with E-state index in [1.807, 2.05) is 108 Å². The van der Waals surface area contributed by atoms with E-state index in [9.17, 15) is 22.8 Å². The van der Waals surface area contributed by atoms with E-state index in [-0.39, 0.29) is 38.9 Å². The lowest BCUT2D eigenvalue weighted by molar-refractivity contribution is -0.213. The Balaban J connectivity index is 1.17. The Morgan fingerprint density at radius 2 is 1.20 bits per heavy atom. The van der Waals surface area contributed by atoms with Crippen molar-refractivity contribution in [2.24, 2.45) is 0 Å². The smallest absolute Gasteiger partial charge is 0.416 e. The van der Waals surface area contributed by atoms with E-state index >= 15 is 0 Å². The van der Waals surface area contributed by atoms with Crippen LogP contribution in [0.3, 0.4) is 0 Å². The Hall–Kier alpha value is -4.75. The Morgan fingerprint density at radius 3 is 1.71 bits per heavy atom. The van der Waals surface area contributed by atoms with Crippen LogP contribution in [-0.4, -0.2) is 91.9 Å². The van der Waals surface area contributed by atoms with Crippen molar-refractivity contribution in [3.05, 3.63) is 138 Å². The summed E-state index contributed by atoms with van der Waals surface area (Å²) < 4.78 is 64.8. The molecule has 4 aromatic rings. The van der Waals surface area contributed by atoms with Gasteiger partial charge in [-0.2, -0.15) is 13.2 Å². The van der Waals surface area contributed by atoms with Crippen molar-refractivity contribution in [1.29, 1.82) is 0 Å². The molecule has 0 radical (unpaired) electrons. The largest absolute Gasteiger partial charge is 0.462 e. The van der Waals surface area contributed by atoms with Gasteiger partial charge in [0.2, 0.25) is 0 Å². The van der Waals surface area contributed by atoms with Crippen molar-refractivity contribution in [3.63, 3.8) is 0 Å². The van der Waals surface area contributed by atoms with Gasteiger partial charge in [-0.15, -0.1) is 0 Å². The summed E-state index contributed by atoms with van der Waals surface area (Å²) in [5, 5.41) is 0. The van der Waals surface area contributed by atoms with Crippen molar-refractivity contribution >= 4 is 17.6 Å². The molecule has 0 spiro atoms. The third kappa shape index (κ3) is 10.9. The van der Waals surface area contributed by atoms with Gasteiger partial charge in [0, 0.05) is 38.4 Å². The number of halogens is 3. The van der Waals surface area contributed by atoms with Gasteiger partial charge in [0.15, 0.2) is 6.10 Å². The normalized spacial score (nSPS) is 20.8. The Bertz CT molecular complexity index is 1770. The van der Waals surface area contributed by atoms with Gasteiger partial charge in [0.1, 0.15) is 18.8 Å². The number of alkyl halides is 3. The maximum Gasteiger partial charge on any atom is 0.416 e. The third-order valence-electron chi connectivity index (χ3n) is 9.94. The molecule has 9 nitrogen and oxygen atoms in total. The second-order valence-corrected chi connectivity index (χ2v) is 13.8. The topological polar surface area (TPSA) is 80.8 Å². The molecule has 292 valence electrons. The Morgan fingerprint density at radius 1 is 0.691 bits per heavy atom. The molecule has 1 amide bonds. The lowest BCUT2D eigenvalue weighted by Gasteiger charge is -2.47. The van der Waals surface area contributed by atoms with Crippen molar-refractivity contribution in [2.75, 3.05) is 50.8 Å². The summed E-state index contributed by atoms with van der Waals surface area (Å²) in [4.78, 5) is 33.5. The Labute approximate surface area is 320 Å². The molecule has 4 atom stereocenters. The second-order valence-electron chi connectivity index (χ2n) is 13.8. The molecule has 2 saturated heterocycles. The number of carbonyl (C=O) groups is 2. The molecular weight excluding hydrogens is 711 g/mol. The molecule has 2 heterocycles. The predicted octanol–water partition coefficient (Wildman–Crippen LogP) is 6.75. The van der Waals surface area contributed by atoms with Crippen LogP contribution in [0.15, 0.2) is 115 Å². The van der Waals surface area contributed by atoms with E-state index in [4.69, 9.17) is 18.9 Å². The molecule has 2 aliphatic rings. The van der Waals surface area contributed by atoms with Crippen LogP contribution in [0.2, 0.25) is 0 Å². The number of amides is 1. The fourth-order valence-electron chi connectivity index (χ4n) is 7.02. The number of nitrogens with zero attached hydrogens (tertiary/aromatic N) is 3. The molecule has 6 rings (SSSR count). The van der Waals surface area contributed by atoms with Crippen LogP contribution < -0.4 is 4.90 Å². The molecule has 4 aromatic carbocycles. The summed E-state index contributed by atoms with van der Waals surface area (Å²) >= 11 is 0. The predicted molar refractivity (Wildman–Crippen MR) is 202 cm³/mol. The minimum absolute atomic E-state index is 0.0293. The quantitative estimate of drug-likeness (QED) is 0.116. The van der Waals surface area contributed by atoms with Crippen LogP contribution >= 0.6 is 0 Å². The summed E-state index contributed by atoms with van der Waals surface area (Å²) in [5.74, 6) is -0.700. The lowest BCUT2D eigenvalue weighted by Crippen LogP contribution is -2.67. The van der Waals surface area contributed by atoms with Crippen molar-refractivity contribution < 1.29 is 41.7 Å². The van der Waals surface area contributed by atoms with Gasteiger partial charge in [-0.1, -0.05) is 97.9 Å². The van der Waals surface area contributed by atoms with Crippen molar-refractivity contribution in [1.82, 2.24) is 9.80 Å². The van der Waals surface area contributed by atoms with Crippen LogP contribution in [0, 0.1) is 0 Å². The molecule has 0 N–H and O–H groups in total. The average Bonchev–Trinajstić information content (AvgIpc) is 3.20. The van der Waals surface area contributed by atoms with Gasteiger partial charge in [0.05, 0.1) is 38.0 Å². The standard InChI is InChI=1S/C43H48F3N3O6/c1-2-22-49-37(31-52-38(50)27-47-23-25-48(26-24-47)36-20-18-35(19-21-36)43(44,45)46)39(53-28-32-12-6-3-7-13-32)40(54-29-33-14-8-4-9-15-33)41(42(49)51)55-30-34-16-10-5-11-17-34/h3-21,37,39-41H,2,22-31H2,1H3/t37-,39-,40-,41-/m1/s1. The molecule has 0 unspecified atom stereocenters. The van der Waals surface area contributed by atoms with E-state index in [0.717, 1.165) is 28.8 Å². The van der Waals surface area contributed by atoms with Gasteiger partial charge in [-0.25, -0.2) is 0 Å². The highest BCUT2D eigenvalue weighted by Gasteiger charge is 2.51. The fraction of sp³-hybridized carbons (Fsp3) is 0.395. The molecule has 12 heteroatoms. The summed E-state index contributed by atoms with van der Waals surface area (Å²) in [6.45, 7) is 5.09. The first kappa shape index (κ1) is 39.9. The van der Waals surface area contributed by atoms with Gasteiger partial charge in [-0.3, -0.25) is 14.5 Å². The first-order valence-corrected chi connectivity index (χ1v) is 18.8. The molecule has 2 fully saturated rings. The van der Waals surface area contributed by atoms with Gasteiger partial charge in [0.25, 0.3) is 5.91 Å². The minimum Gasteiger partial charge on any atom is -0.462 e. The highest BCUT2D eigenvalue weighted by molar-refractivity contribution is 5.83. The van der Waals surface area contributed by atoms with Crippen LogP contribution in [0.5, 0.6) is 0 Å². The summed E-state index contributed by atoms with van der Waals surface area (Å²) in [7, 11) is 0. The molecule has 0 bridgehead atoms. The molecule has 55 heavy (non-hydrogen) atoms.